The first kappa shape index (κ1) is 25.4. The molecule has 0 spiro atoms. The third kappa shape index (κ3) is 5.81. The van der Waals surface area contributed by atoms with Crippen LogP contribution in [0.1, 0.15) is 11.1 Å². The number of nitrogens with zero attached hydrogens (tertiary/aromatic N) is 1. The maximum absolute atomic E-state index is 13.3. The van der Waals surface area contributed by atoms with Gasteiger partial charge in [-0.25, -0.2) is 8.42 Å². The van der Waals surface area contributed by atoms with Gasteiger partial charge in [-0.1, -0.05) is 48.0 Å². The lowest BCUT2D eigenvalue weighted by molar-refractivity contribution is -0.137. The van der Waals surface area contributed by atoms with Crippen LogP contribution in [0, 0.1) is 0 Å². The Kier molecular flexibility index (Phi) is 7.73. The highest BCUT2D eigenvalue weighted by Crippen LogP contribution is 2.37. The van der Waals surface area contributed by atoms with Crippen LogP contribution < -0.4 is 14.4 Å². The summed E-state index contributed by atoms with van der Waals surface area (Å²) < 4.78 is 72.4. The van der Waals surface area contributed by atoms with Crippen molar-refractivity contribution in [1.82, 2.24) is 5.32 Å². The number of halogens is 4. The third-order valence-electron chi connectivity index (χ3n) is 4.83. The first-order chi connectivity index (χ1) is 16.0. The minimum absolute atomic E-state index is 0.0123. The second kappa shape index (κ2) is 10.4. The quantitative estimate of drug-likeness (QED) is 0.467. The Balaban J connectivity index is 1.97. The molecule has 3 rings (SSSR count). The van der Waals surface area contributed by atoms with Crippen molar-refractivity contribution in [2.75, 3.05) is 18.0 Å². The molecule has 1 amide bonds. The predicted molar refractivity (Wildman–Crippen MR) is 122 cm³/mol. The van der Waals surface area contributed by atoms with Gasteiger partial charge in [0.1, 0.15) is 12.3 Å². The van der Waals surface area contributed by atoms with E-state index in [9.17, 15) is 26.4 Å². The van der Waals surface area contributed by atoms with Crippen molar-refractivity contribution in [2.45, 2.75) is 17.6 Å². The minimum Gasteiger partial charge on any atom is -0.496 e. The van der Waals surface area contributed by atoms with Crippen LogP contribution in [-0.2, 0) is 27.5 Å². The zero-order valence-corrected chi connectivity index (χ0v) is 19.4. The van der Waals surface area contributed by atoms with Crippen LogP contribution in [0.15, 0.2) is 77.7 Å². The molecule has 0 radical (unpaired) electrons. The van der Waals surface area contributed by atoms with Gasteiger partial charge in [0.25, 0.3) is 10.0 Å². The lowest BCUT2D eigenvalue weighted by Crippen LogP contribution is -2.41. The van der Waals surface area contributed by atoms with Gasteiger partial charge in [-0.3, -0.25) is 9.10 Å². The number of alkyl halides is 3. The fraction of sp³-hybridized carbons (Fsp3) is 0.174. The second-order valence-electron chi connectivity index (χ2n) is 7.08. The molecule has 3 aromatic carbocycles. The summed E-state index contributed by atoms with van der Waals surface area (Å²) in [4.78, 5) is 12.5. The molecule has 1 N–H and O–H groups in total. The van der Waals surface area contributed by atoms with Gasteiger partial charge in [0.15, 0.2) is 0 Å². The summed E-state index contributed by atoms with van der Waals surface area (Å²) in [5.74, 6) is -0.239. The molecule has 0 aliphatic heterocycles. The van der Waals surface area contributed by atoms with Gasteiger partial charge in [0, 0.05) is 12.1 Å². The van der Waals surface area contributed by atoms with Crippen LogP contribution >= 0.6 is 11.6 Å². The number of methoxy groups -OCH3 is 1. The fourth-order valence-electron chi connectivity index (χ4n) is 3.13. The average Bonchev–Trinajstić information content (AvgIpc) is 2.81. The van der Waals surface area contributed by atoms with Gasteiger partial charge in [-0.05, 0) is 36.4 Å². The first-order valence-corrected chi connectivity index (χ1v) is 11.7. The van der Waals surface area contributed by atoms with E-state index in [2.05, 4.69) is 5.32 Å². The molecule has 0 saturated carbocycles. The summed E-state index contributed by atoms with van der Waals surface area (Å²) in [7, 11) is -2.97. The largest absolute Gasteiger partial charge is 0.496 e. The van der Waals surface area contributed by atoms with Gasteiger partial charge in [-0.15, -0.1) is 0 Å². The number of amides is 1. The maximum Gasteiger partial charge on any atom is 0.416 e. The molecular weight excluding hydrogens is 493 g/mol. The van der Waals surface area contributed by atoms with E-state index in [1.165, 1.54) is 31.4 Å². The lowest BCUT2D eigenvalue weighted by atomic mass is 10.2. The number of carbonyl (C=O) groups excluding carboxylic acids is 1. The smallest absolute Gasteiger partial charge is 0.416 e. The van der Waals surface area contributed by atoms with Crippen LogP contribution in [0.25, 0.3) is 0 Å². The summed E-state index contributed by atoms with van der Waals surface area (Å²) in [5.41, 5.74) is -0.935. The van der Waals surface area contributed by atoms with E-state index < -0.39 is 39.9 Å². The van der Waals surface area contributed by atoms with Gasteiger partial charge >= 0.3 is 6.18 Å². The highest BCUT2D eigenvalue weighted by atomic mass is 35.5. The topological polar surface area (TPSA) is 75.7 Å². The highest BCUT2D eigenvalue weighted by Gasteiger charge is 2.34. The number of hydrogen-bond acceptors (Lipinski definition) is 4. The third-order valence-corrected chi connectivity index (χ3v) is 6.92. The molecular formula is C23H20ClF3N2O4S. The number of rotatable bonds is 8. The molecule has 0 fully saturated rings. The van der Waals surface area contributed by atoms with Crippen molar-refractivity contribution in [3.05, 3.63) is 88.9 Å². The van der Waals surface area contributed by atoms with Crippen LogP contribution in [-0.4, -0.2) is 28.0 Å². The highest BCUT2D eigenvalue weighted by molar-refractivity contribution is 7.92. The molecule has 0 heterocycles. The molecule has 0 aromatic heterocycles. The molecule has 3 aromatic rings. The SMILES string of the molecule is COc1ccccc1CNC(=O)CN(c1cc(C(F)(F)F)ccc1Cl)S(=O)(=O)c1ccccc1. The van der Waals surface area contributed by atoms with Gasteiger partial charge in [0.05, 0.1) is 28.3 Å². The van der Waals surface area contributed by atoms with Gasteiger partial charge < -0.3 is 10.1 Å². The van der Waals surface area contributed by atoms with E-state index in [-0.39, 0.29) is 16.5 Å². The van der Waals surface area contributed by atoms with Crippen molar-refractivity contribution < 1.29 is 31.1 Å². The lowest BCUT2D eigenvalue weighted by Gasteiger charge is -2.26. The molecule has 11 heteroatoms. The fourth-order valence-corrected chi connectivity index (χ4v) is 4.85. The summed E-state index contributed by atoms with van der Waals surface area (Å²) in [6, 6.07) is 16.2. The summed E-state index contributed by atoms with van der Waals surface area (Å²) >= 11 is 6.11. The van der Waals surface area contributed by atoms with Crippen molar-refractivity contribution in [3.8, 4) is 5.75 Å². The number of hydrogen-bond donors (Lipinski definition) is 1. The second-order valence-corrected chi connectivity index (χ2v) is 9.35. The molecule has 180 valence electrons. The monoisotopic (exact) mass is 512 g/mol. The van der Waals surface area contributed by atoms with Crippen LogP contribution in [0.3, 0.4) is 0 Å². The molecule has 34 heavy (non-hydrogen) atoms. The predicted octanol–water partition coefficient (Wildman–Crippen LogP) is 4.88. The number of anilines is 1. The van der Waals surface area contributed by atoms with E-state index in [0.29, 0.717) is 21.7 Å². The Labute approximate surface area is 200 Å². The molecule has 0 atom stereocenters. The number of para-hydroxylation sites is 1. The van der Waals surface area contributed by atoms with Crippen molar-refractivity contribution >= 4 is 33.2 Å². The van der Waals surface area contributed by atoms with E-state index >= 15 is 0 Å². The maximum atomic E-state index is 13.3. The van der Waals surface area contributed by atoms with E-state index in [1.807, 2.05) is 0 Å². The molecule has 6 nitrogen and oxygen atoms in total. The van der Waals surface area contributed by atoms with Gasteiger partial charge in [0.2, 0.25) is 5.91 Å². The van der Waals surface area contributed by atoms with Crippen molar-refractivity contribution in [1.29, 1.82) is 0 Å². The molecule has 0 saturated heterocycles. The molecule has 0 aliphatic rings. The Hall–Kier alpha value is -3.24. The number of nitrogens with one attached hydrogen (secondary N) is 1. The molecule has 0 aliphatic carbocycles. The average molecular weight is 513 g/mol. The van der Waals surface area contributed by atoms with Crippen LogP contribution in [0.5, 0.6) is 5.75 Å². The zero-order chi connectivity index (χ0) is 24.9. The summed E-state index contributed by atoms with van der Waals surface area (Å²) in [6.07, 6.45) is -4.74. The van der Waals surface area contributed by atoms with E-state index in [4.69, 9.17) is 16.3 Å². The Bertz CT molecular complexity index is 1270. The molecule has 0 unspecified atom stereocenters. The van der Waals surface area contributed by atoms with E-state index in [1.54, 1.807) is 30.3 Å². The number of ether oxygens (including phenoxy) is 1. The van der Waals surface area contributed by atoms with Gasteiger partial charge in [-0.2, -0.15) is 13.2 Å². The standard InChI is InChI=1S/C23H20ClF3N2O4S/c1-33-21-10-6-5-7-16(21)14-28-22(30)15-29(34(31,32)18-8-3-2-4-9-18)20-13-17(23(25,26)27)11-12-19(20)24/h2-13H,14-15H2,1H3,(H,28,30). The minimum atomic E-state index is -4.74. The Morgan fingerprint density at radius 2 is 1.68 bits per heavy atom. The zero-order valence-electron chi connectivity index (χ0n) is 17.8. The first-order valence-electron chi connectivity index (χ1n) is 9.87. The number of benzene rings is 3. The van der Waals surface area contributed by atoms with Crippen molar-refractivity contribution in [3.63, 3.8) is 0 Å². The van der Waals surface area contributed by atoms with Crippen LogP contribution in [0.4, 0.5) is 18.9 Å². The number of carbonyl (C=O) groups is 1. The Morgan fingerprint density at radius 1 is 1.03 bits per heavy atom. The summed E-state index contributed by atoms with van der Waals surface area (Å²) in [5, 5.41) is 2.31. The van der Waals surface area contributed by atoms with Crippen molar-refractivity contribution in [2.24, 2.45) is 0 Å². The van der Waals surface area contributed by atoms with E-state index in [0.717, 1.165) is 12.1 Å². The Morgan fingerprint density at radius 3 is 2.32 bits per heavy atom. The number of sulfonamides is 1. The van der Waals surface area contributed by atoms with Crippen LogP contribution in [0.2, 0.25) is 5.02 Å². The summed E-state index contributed by atoms with van der Waals surface area (Å²) in [6.45, 7) is -0.786. The normalized spacial score (nSPS) is 11.7. The molecule has 0 bridgehead atoms.